The number of fused-ring (bicyclic) bond motifs is 1. The van der Waals surface area contributed by atoms with Crippen LogP contribution in [0.25, 0.3) is 16.8 Å². The Hall–Kier alpha value is -3.49. The summed E-state index contributed by atoms with van der Waals surface area (Å²) in [7, 11) is 3.99. The van der Waals surface area contributed by atoms with Crippen LogP contribution in [-0.2, 0) is 0 Å². The Bertz CT molecular complexity index is 1310. The fraction of sp³-hybridized carbons (Fsp3) is 0.435. The predicted octanol–water partition coefficient (Wildman–Crippen LogP) is 3.82. The van der Waals surface area contributed by atoms with Crippen molar-refractivity contribution in [1.82, 2.24) is 29.7 Å². The standard InChI is InChI=1S/C23H28N8O/c1-13-10-19(29(5)6)24-12-17(13)21-15(3)27-31-20(11-14(2)25-22(21)31)30-9-7-8-18(30)23-26-16(4)28-32-23/h10-12,18H,7-9H2,1-6H3. The van der Waals surface area contributed by atoms with Crippen LogP contribution in [0, 0.1) is 27.7 Å². The number of hydrogen-bond donors (Lipinski definition) is 0. The minimum atomic E-state index is 0.0388. The van der Waals surface area contributed by atoms with Crippen molar-refractivity contribution in [3.05, 3.63) is 47.0 Å². The van der Waals surface area contributed by atoms with Gasteiger partial charge in [-0.15, -0.1) is 0 Å². The predicted molar refractivity (Wildman–Crippen MR) is 123 cm³/mol. The molecule has 1 aliphatic heterocycles. The molecule has 0 spiro atoms. The van der Waals surface area contributed by atoms with E-state index in [0.29, 0.717) is 11.7 Å². The molecule has 1 unspecified atom stereocenters. The molecular formula is C23H28N8O. The van der Waals surface area contributed by atoms with Crippen LogP contribution in [0.3, 0.4) is 0 Å². The zero-order valence-electron chi connectivity index (χ0n) is 19.4. The van der Waals surface area contributed by atoms with Gasteiger partial charge in [-0.25, -0.2) is 9.97 Å². The molecule has 0 saturated carbocycles. The van der Waals surface area contributed by atoms with E-state index in [1.807, 2.05) is 50.5 Å². The van der Waals surface area contributed by atoms with Gasteiger partial charge in [0.15, 0.2) is 11.5 Å². The lowest BCUT2D eigenvalue weighted by Gasteiger charge is -2.24. The largest absolute Gasteiger partial charge is 0.363 e. The van der Waals surface area contributed by atoms with Crippen molar-refractivity contribution in [2.45, 2.75) is 46.6 Å². The average molecular weight is 433 g/mol. The van der Waals surface area contributed by atoms with Crippen LogP contribution in [0.2, 0.25) is 0 Å². The molecule has 9 heteroatoms. The zero-order valence-corrected chi connectivity index (χ0v) is 19.4. The van der Waals surface area contributed by atoms with Crippen molar-refractivity contribution >= 4 is 17.3 Å². The first-order valence-corrected chi connectivity index (χ1v) is 10.9. The van der Waals surface area contributed by atoms with Crippen molar-refractivity contribution in [2.24, 2.45) is 0 Å². The SMILES string of the molecule is Cc1cc(N2CCCC2c2nc(C)no2)n2nc(C)c(-c3cnc(N(C)C)cc3C)c2n1. The maximum Gasteiger partial charge on any atom is 0.249 e. The second-order valence-corrected chi connectivity index (χ2v) is 8.73. The second-order valence-electron chi connectivity index (χ2n) is 8.73. The number of rotatable bonds is 4. The Kier molecular flexibility index (Phi) is 4.83. The number of aryl methyl sites for hydroxylation is 4. The first-order chi connectivity index (χ1) is 15.3. The third-order valence-electron chi connectivity index (χ3n) is 6.07. The van der Waals surface area contributed by atoms with Gasteiger partial charge in [-0.2, -0.15) is 14.6 Å². The first-order valence-electron chi connectivity index (χ1n) is 10.9. The molecule has 32 heavy (non-hydrogen) atoms. The Balaban J connectivity index is 1.66. The van der Waals surface area contributed by atoms with Gasteiger partial charge in [-0.05, 0) is 52.2 Å². The van der Waals surface area contributed by atoms with Crippen LogP contribution < -0.4 is 9.80 Å². The number of nitrogens with zero attached hydrogens (tertiary/aromatic N) is 8. The highest BCUT2D eigenvalue weighted by Gasteiger charge is 2.33. The molecule has 1 saturated heterocycles. The first kappa shape index (κ1) is 20.4. The van der Waals surface area contributed by atoms with E-state index in [9.17, 15) is 0 Å². The van der Waals surface area contributed by atoms with E-state index in [1.54, 1.807) is 0 Å². The molecule has 0 bridgehead atoms. The molecule has 9 nitrogen and oxygen atoms in total. The summed E-state index contributed by atoms with van der Waals surface area (Å²) in [6, 6.07) is 4.23. The third-order valence-corrected chi connectivity index (χ3v) is 6.07. The summed E-state index contributed by atoms with van der Waals surface area (Å²) in [5, 5.41) is 8.91. The van der Waals surface area contributed by atoms with Crippen molar-refractivity contribution in [3.8, 4) is 11.1 Å². The van der Waals surface area contributed by atoms with Crippen LogP contribution in [0.4, 0.5) is 11.6 Å². The lowest BCUT2D eigenvalue weighted by molar-refractivity contribution is 0.351. The molecule has 1 fully saturated rings. The summed E-state index contributed by atoms with van der Waals surface area (Å²) in [6.45, 7) is 8.92. The van der Waals surface area contributed by atoms with Gasteiger partial charge in [0.1, 0.15) is 17.7 Å². The Morgan fingerprint density at radius 2 is 1.91 bits per heavy atom. The molecule has 4 aromatic heterocycles. The lowest BCUT2D eigenvalue weighted by Crippen LogP contribution is -2.25. The maximum atomic E-state index is 5.53. The summed E-state index contributed by atoms with van der Waals surface area (Å²) in [5.74, 6) is 3.24. The summed E-state index contributed by atoms with van der Waals surface area (Å²) < 4.78 is 7.48. The van der Waals surface area contributed by atoms with E-state index in [-0.39, 0.29) is 6.04 Å². The Labute approximate surface area is 187 Å². The van der Waals surface area contributed by atoms with E-state index in [0.717, 1.165) is 64.7 Å². The maximum absolute atomic E-state index is 5.53. The highest BCUT2D eigenvalue weighted by molar-refractivity contribution is 5.83. The van der Waals surface area contributed by atoms with E-state index in [2.05, 4.69) is 39.1 Å². The van der Waals surface area contributed by atoms with Crippen LogP contribution in [-0.4, -0.2) is 50.4 Å². The second kappa shape index (κ2) is 7.58. The normalized spacial score (nSPS) is 16.3. The van der Waals surface area contributed by atoms with Gasteiger partial charge in [0.2, 0.25) is 5.89 Å². The summed E-state index contributed by atoms with van der Waals surface area (Å²) in [6.07, 6.45) is 3.95. The molecule has 5 heterocycles. The fourth-order valence-electron chi connectivity index (χ4n) is 4.54. The average Bonchev–Trinajstić information content (AvgIpc) is 3.46. The number of anilines is 2. The van der Waals surface area contributed by atoms with Crippen molar-refractivity contribution in [2.75, 3.05) is 30.4 Å². The zero-order chi connectivity index (χ0) is 22.6. The monoisotopic (exact) mass is 432 g/mol. The van der Waals surface area contributed by atoms with Gasteiger partial charge in [0, 0.05) is 44.2 Å². The van der Waals surface area contributed by atoms with Crippen LogP contribution in [0.5, 0.6) is 0 Å². The molecule has 1 aliphatic rings. The van der Waals surface area contributed by atoms with Gasteiger partial charge in [0.25, 0.3) is 0 Å². The number of pyridine rings is 1. The molecule has 4 aromatic rings. The van der Waals surface area contributed by atoms with E-state index in [4.69, 9.17) is 14.6 Å². The third kappa shape index (κ3) is 3.28. The van der Waals surface area contributed by atoms with Crippen molar-refractivity contribution in [1.29, 1.82) is 0 Å². The van der Waals surface area contributed by atoms with Crippen LogP contribution in [0.15, 0.2) is 22.9 Å². The molecule has 0 N–H and O–H groups in total. The highest BCUT2D eigenvalue weighted by Crippen LogP contribution is 2.38. The lowest BCUT2D eigenvalue weighted by atomic mass is 10.0. The number of aromatic nitrogens is 6. The minimum Gasteiger partial charge on any atom is -0.363 e. The molecule has 1 atom stereocenters. The summed E-state index contributed by atoms with van der Waals surface area (Å²) in [4.78, 5) is 18.3. The minimum absolute atomic E-state index is 0.0388. The Morgan fingerprint density at radius 3 is 2.59 bits per heavy atom. The molecule has 0 amide bonds. The fourth-order valence-corrected chi connectivity index (χ4v) is 4.54. The highest BCUT2D eigenvalue weighted by atomic mass is 16.5. The summed E-state index contributed by atoms with van der Waals surface area (Å²) >= 11 is 0. The van der Waals surface area contributed by atoms with Gasteiger partial charge >= 0.3 is 0 Å². The molecule has 166 valence electrons. The van der Waals surface area contributed by atoms with Crippen molar-refractivity contribution in [3.63, 3.8) is 0 Å². The van der Waals surface area contributed by atoms with Gasteiger partial charge in [0.05, 0.1) is 11.3 Å². The number of hydrogen-bond acceptors (Lipinski definition) is 8. The molecular weight excluding hydrogens is 404 g/mol. The molecule has 0 radical (unpaired) electrons. The quantitative estimate of drug-likeness (QED) is 0.481. The van der Waals surface area contributed by atoms with Crippen molar-refractivity contribution < 1.29 is 4.52 Å². The van der Waals surface area contributed by atoms with Crippen LogP contribution >= 0.6 is 0 Å². The van der Waals surface area contributed by atoms with E-state index >= 15 is 0 Å². The van der Waals surface area contributed by atoms with E-state index < -0.39 is 0 Å². The topological polar surface area (TPSA) is 88.5 Å². The molecule has 5 rings (SSSR count). The van der Waals surface area contributed by atoms with Gasteiger partial charge in [-0.1, -0.05) is 5.16 Å². The van der Waals surface area contributed by atoms with Gasteiger partial charge in [-0.3, -0.25) is 0 Å². The molecule has 0 aromatic carbocycles. The Morgan fingerprint density at radius 1 is 1.09 bits per heavy atom. The smallest absolute Gasteiger partial charge is 0.249 e. The van der Waals surface area contributed by atoms with Gasteiger partial charge < -0.3 is 14.3 Å². The van der Waals surface area contributed by atoms with Crippen LogP contribution in [0.1, 0.15) is 47.5 Å². The van der Waals surface area contributed by atoms with E-state index in [1.165, 1.54) is 0 Å². The summed E-state index contributed by atoms with van der Waals surface area (Å²) in [5.41, 5.74) is 5.93. The molecule has 0 aliphatic carbocycles.